The van der Waals surface area contributed by atoms with Crippen molar-refractivity contribution in [2.45, 2.75) is 38.6 Å². The first-order valence-corrected chi connectivity index (χ1v) is 6.55. The van der Waals surface area contributed by atoms with Crippen molar-refractivity contribution >= 4 is 0 Å². The van der Waals surface area contributed by atoms with E-state index in [1.807, 2.05) is 13.8 Å². The Balaban J connectivity index is 1.74. The first-order chi connectivity index (χ1) is 8.65. The van der Waals surface area contributed by atoms with Gasteiger partial charge in [0.05, 0.1) is 0 Å². The number of hydrogen-bond acceptors (Lipinski definition) is 2. The van der Waals surface area contributed by atoms with Gasteiger partial charge in [0.15, 0.2) is 0 Å². The number of furan rings is 1. The fraction of sp³-hybridized carbons (Fsp3) is 0.375. The molecule has 0 saturated heterocycles. The van der Waals surface area contributed by atoms with E-state index in [1.165, 1.54) is 17.5 Å². The van der Waals surface area contributed by atoms with Gasteiger partial charge in [-0.3, -0.25) is 0 Å². The van der Waals surface area contributed by atoms with Gasteiger partial charge in [-0.15, -0.1) is 0 Å². The Morgan fingerprint density at radius 2 is 2.11 bits per heavy atom. The summed E-state index contributed by atoms with van der Waals surface area (Å²) in [6, 6.07) is 10.8. The second-order valence-corrected chi connectivity index (χ2v) is 5.31. The minimum Gasteiger partial charge on any atom is -0.466 e. The quantitative estimate of drug-likeness (QED) is 0.891. The molecule has 94 valence electrons. The maximum Gasteiger partial charge on any atom is 0.105 e. The van der Waals surface area contributed by atoms with Crippen molar-refractivity contribution in [2.75, 3.05) is 0 Å². The van der Waals surface area contributed by atoms with Crippen LogP contribution >= 0.6 is 0 Å². The van der Waals surface area contributed by atoms with E-state index in [4.69, 9.17) is 10.2 Å². The van der Waals surface area contributed by atoms with Crippen LogP contribution in [0.3, 0.4) is 0 Å². The smallest absolute Gasteiger partial charge is 0.105 e. The summed E-state index contributed by atoms with van der Waals surface area (Å²) in [6.07, 6.45) is 2.18. The van der Waals surface area contributed by atoms with Crippen LogP contribution in [0.5, 0.6) is 0 Å². The summed E-state index contributed by atoms with van der Waals surface area (Å²) >= 11 is 0. The molecule has 1 heterocycles. The molecule has 0 aliphatic heterocycles. The van der Waals surface area contributed by atoms with Crippen molar-refractivity contribution in [3.05, 3.63) is 58.5 Å². The maximum absolute atomic E-state index is 6.32. The fourth-order valence-electron chi connectivity index (χ4n) is 3.03. The van der Waals surface area contributed by atoms with Gasteiger partial charge in [-0.25, -0.2) is 0 Å². The first-order valence-electron chi connectivity index (χ1n) is 6.55. The lowest BCUT2D eigenvalue weighted by molar-refractivity contribution is 0.474. The summed E-state index contributed by atoms with van der Waals surface area (Å²) < 4.78 is 5.56. The molecular weight excluding hydrogens is 222 g/mol. The fourth-order valence-corrected chi connectivity index (χ4v) is 3.03. The Morgan fingerprint density at radius 3 is 2.78 bits per heavy atom. The molecule has 2 aromatic rings. The number of nitrogens with two attached hydrogens (primary N) is 1. The zero-order valence-corrected chi connectivity index (χ0v) is 10.9. The largest absolute Gasteiger partial charge is 0.466 e. The topological polar surface area (TPSA) is 39.2 Å². The minimum atomic E-state index is 0.0841. The van der Waals surface area contributed by atoms with E-state index in [0.29, 0.717) is 5.92 Å². The van der Waals surface area contributed by atoms with Gasteiger partial charge in [-0.1, -0.05) is 24.3 Å². The van der Waals surface area contributed by atoms with E-state index < -0.39 is 0 Å². The summed E-state index contributed by atoms with van der Waals surface area (Å²) in [5.74, 6) is 2.53. The van der Waals surface area contributed by atoms with Crippen LogP contribution in [0.4, 0.5) is 0 Å². The Morgan fingerprint density at radius 1 is 1.33 bits per heavy atom. The summed E-state index contributed by atoms with van der Waals surface area (Å²) in [7, 11) is 0. The van der Waals surface area contributed by atoms with Crippen molar-refractivity contribution in [2.24, 2.45) is 5.73 Å². The van der Waals surface area contributed by atoms with Gasteiger partial charge >= 0.3 is 0 Å². The zero-order chi connectivity index (χ0) is 12.7. The molecule has 2 heteroatoms. The van der Waals surface area contributed by atoms with Crippen molar-refractivity contribution < 1.29 is 4.42 Å². The Labute approximate surface area is 108 Å². The van der Waals surface area contributed by atoms with Gasteiger partial charge in [-0.2, -0.15) is 0 Å². The lowest BCUT2D eigenvalue weighted by atomic mass is 9.74. The third-order valence-corrected chi connectivity index (χ3v) is 3.98. The molecule has 1 aliphatic carbocycles. The predicted molar refractivity (Wildman–Crippen MR) is 72.6 cm³/mol. The summed E-state index contributed by atoms with van der Waals surface area (Å²) in [5, 5.41) is 0. The minimum absolute atomic E-state index is 0.0841. The second-order valence-electron chi connectivity index (χ2n) is 5.31. The van der Waals surface area contributed by atoms with E-state index >= 15 is 0 Å². The second kappa shape index (κ2) is 4.29. The van der Waals surface area contributed by atoms with E-state index in [0.717, 1.165) is 23.5 Å². The Bertz CT molecular complexity index is 570. The van der Waals surface area contributed by atoms with Gasteiger partial charge < -0.3 is 10.2 Å². The summed E-state index contributed by atoms with van der Waals surface area (Å²) in [6.45, 7) is 3.97. The van der Waals surface area contributed by atoms with Crippen molar-refractivity contribution in [1.82, 2.24) is 0 Å². The molecule has 0 saturated carbocycles. The summed E-state index contributed by atoms with van der Waals surface area (Å²) in [5.41, 5.74) is 10.4. The normalized spacial score (nSPS) is 19.2. The average molecular weight is 241 g/mol. The van der Waals surface area contributed by atoms with Crippen LogP contribution < -0.4 is 5.73 Å². The number of hydrogen-bond donors (Lipinski definition) is 1. The van der Waals surface area contributed by atoms with Gasteiger partial charge in [0.25, 0.3) is 0 Å². The molecule has 0 spiro atoms. The Hall–Kier alpha value is -1.54. The van der Waals surface area contributed by atoms with E-state index in [1.54, 1.807) is 0 Å². The molecule has 0 fully saturated rings. The number of rotatable bonds is 3. The third-order valence-electron chi connectivity index (χ3n) is 3.98. The van der Waals surface area contributed by atoms with Gasteiger partial charge in [0.1, 0.15) is 11.5 Å². The third kappa shape index (κ3) is 1.87. The molecule has 2 nitrogen and oxygen atoms in total. The van der Waals surface area contributed by atoms with Crippen molar-refractivity contribution in [1.29, 1.82) is 0 Å². The van der Waals surface area contributed by atoms with E-state index in [2.05, 4.69) is 30.3 Å². The lowest BCUT2D eigenvalue weighted by Crippen LogP contribution is -2.22. The standard InChI is InChI=1S/C16H19NO/c1-10-7-15(11(2)18-10)16(17)9-13-8-12-5-3-4-6-14(12)13/h3-7,13,16H,8-9,17H2,1-2H3. The highest BCUT2D eigenvalue weighted by molar-refractivity contribution is 5.40. The van der Waals surface area contributed by atoms with Crippen LogP contribution in [0.1, 0.15) is 46.6 Å². The number of fused-ring (bicyclic) bond motifs is 1. The van der Waals surface area contributed by atoms with Gasteiger partial charge in [0, 0.05) is 11.6 Å². The SMILES string of the molecule is Cc1cc(C(N)CC2Cc3ccccc32)c(C)o1. The summed E-state index contributed by atoms with van der Waals surface area (Å²) in [4.78, 5) is 0. The Kier molecular flexibility index (Phi) is 2.75. The first kappa shape index (κ1) is 11.5. The highest BCUT2D eigenvalue weighted by atomic mass is 16.3. The average Bonchev–Trinajstić information content (AvgIpc) is 2.65. The van der Waals surface area contributed by atoms with Crippen molar-refractivity contribution in [3.63, 3.8) is 0 Å². The molecule has 1 aliphatic rings. The number of aryl methyl sites for hydroxylation is 2. The van der Waals surface area contributed by atoms with Crippen LogP contribution in [0.15, 0.2) is 34.7 Å². The van der Waals surface area contributed by atoms with E-state index in [-0.39, 0.29) is 6.04 Å². The molecule has 0 radical (unpaired) electrons. The van der Waals surface area contributed by atoms with Gasteiger partial charge in [-0.05, 0) is 49.8 Å². The van der Waals surface area contributed by atoms with Crippen LogP contribution in [0, 0.1) is 13.8 Å². The molecule has 18 heavy (non-hydrogen) atoms. The molecule has 2 N–H and O–H groups in total. The molecule has 2 unspecified atom stereocenters. The predicted octanol–water partition coefficient (Wildman–Crippen LogP) is 3.63. The van der Waals surface area contributed by atoms with Gasteiger partial charge in [0.2, 0.25) is 0 Å². The molecule has 3 rings (SSSR count). The highest BCUT2D eigenvalue weighted by Crippen LogP contribution is 2.40. The molecule has 1 aromatic heterocycles. The molecular formula is C16H19NO. The highest BCUT2D eigenvalue weighted by Gasteiger charge is 2.28. The molecule has 0 bridgehead atoms. The van der Waals surface area contributed by atoms with E-state index in [9.17, 15) is 0 Å². The lowest BCUT2D eigenvalue weighted by Gasteiger charge is -2.32. The van der Waals surface area contributed by atoms with Crippen LogP contribution in [0.2, 0.25) is 0 Å². The van der Waals surface area contributed by atoms with Crippen LogP contribution in [0.25, 0.3) is 0 Å². The van der Waals surface area contributed by atoms with Crippen molar-refractivity contribution in [3.8, 4) is 0 Å². The zero-order valence-electron chi connectivity index (χ0n) is 10.9. The number of benzene rings is 1. The van der Waals surface area contributed by atoms with Crippen LogP contribution in [-0.4, -0.2) is 0 Å². The maximum atomic E-state index is 6.32. The van der Waals surface area contributed by atoms with Crippen LogP contribution in [-0.2, 0) is 6.42 Å². The molecule has 2 atom stereocenters. The monoisotopic (exact) mass is 241 g/mol. The molecule has 0 amide bonds. The molecule has 1 aromatic carbocycles.